The van der Waals surface area contributed by atoms with Crippen LogP contribution in [0.3, 0.4) is 0 Å². The number of amides is 1. The minimum atomic E-state index is -0.509. The molecule has 1 atom stereocenters. The Bertz CT molecular complexity index is 549. The maximum atomic E-state index is 12.1. The number of hydrogen-bond donors (Lipinski definition) is 0. The molecule has 0 aromatic heterocycles. The summed E-state index contributed by atoms with van der Waals surface area (Å²) in [6.45, 7) is 3.37. The highest BCUT2D eigenvalue weighted by molar-refractivity contribution is 5.95. The third-order valence-corrected chi connectivity index (χ3v) is 3.02. The molecule has 1 aromatic carbocycles. The topological polar surface area (TPSA) is 87.2 Å². The van der Waals surface area contributed by atoms with E-state index in [0.29, 0.717) is 5.56 Å². The molecule has 0 radical (unpaired) electrons. The minimum Gasteiger partial charge on any atom is -0.338 e. The van der Waals surface area contributed by atoms with Crippen molar-refractivity contribution in [1.82, 2.24) is 4.90 Å². The van der Waals surface area contributed by atoms with Gasteiger partial charge in [0.1, 0.15) is 0 Å². The zero-order valence-corrected chi connectivity index (χ0v) is 11.1. The van der Waals surface area contributed by atoms with E-state index in [1.165, 1.54) is 11.0 Å². The van der Waals surface area contributed by atoms with Crippen LogP contribution in [0.25, 0.3) is 0 Å². The highest BCUT2D eigenvalue weighted by Crippen LogP contribution is 2.20. The Morgan fingerprint density at radius 3 is 2.74 bits per heavy atom. The van der Waals surface area contributed by atoms with Gasteiger partial charge in [0, 0.05) is 30.3 Å². The molecule has 0 aliphatic carbocycles. The monoisotopic (exact) mass is 261 g/mol. The van der Waals surface area contributed by atoms with Crippen LogP contribution >= 0.6 is 0 Å². The number of nitro benzene ring substituents is 1. The van der Waals surface area contributed by atoms with E-state index in [1.807, 2.05) is 6.07 Å². The first-order valence-electron chi connectivity index (χ1n) is 5.77. The molecule has 6 nitrogen and oxygen atoms in total. The van der Waals surface area contributed by atoms with Gasteiger partial charge in [-0.1, -0.05) is 6.07 Å². The molecule has 0 aliphatic rings. The van der Waals surface area contributed by atoms with Gasteiger partial charge < -0.3 is 4.90 Å². The van der Waals surface area contributed by atoms with E-state index in [4.69, 9.17) is 5.26 Å². The number of nitrogens with zero attached hydrogens (tertiary/aromatic N) is 3. The van der Waals surface area contributed by atoms with Crippen molar-refractivity contribution >= 4 is 11.6 Å². The van der Waals surface area contributed by atoms with Crippen molar-refractivity contribution in [3.63, 3.8) is 0 Å². The zero-order valence-electron chi connectivity index (χ0n) is 11.1. The molecule has 1 amide bonds. The predicted molar refractivity (Wildman–Crippen MR) is 69.6 cm³/mol. The van der Waals surface area contributed by atoms with Gasteiger partial charge in [-0.05, 0) is 19.9 Å². The van der Waals surface area contributed by atoms with E-state index in [2.05, 4.69) is 0 Å². The van der Waals surface area contributed by atoms with Gasteiger partial charge in [-0.25, -0.2) is 0 Å². The second-order valence-electron chi connectivity index (χ2n) is 4.39. The van der Waals surface area contributed by atoms with Crippen molar-refractivity contribution in [2.75, 3.05) is 7.05 Å². The van der Waals surface area contributed by atoms with Crippen LogP contribution in [-0.2, 0) is 0 Å². The molecule has 0 bridgehead atoms. The first kappa shape index (κ1) is 14.6. The highest BCUT2D eigenvalue weighted by Gasteiger charge is 2.20. The number of nitriles is 1. The Morgan fingerprint density at radius 2 is 2.21 bits per heavy atom. The van der Waals surface area contributed by atoms with Gasteiger partial charge in [0.15, 0.2) is 0 Å². The molecule has 0 N–H and O–H groups in total. The smallest absolute Gasteiger partial charge is 0.273 e. The lowest BCUT2D eigenvalue weighted by atomic mass is 10.1. The van der Waals surface area contributed by atoms with Crippen molar-refractivity contribution in [3.05, 3.63) is 39.4 Å². The summed E-state index contributed by atoms with van der Waals surface area (Å²) in [5.74, 6) is -0.328. The Morgan fingerprint density at radius 1 is 1.58 bits per heavy atom. The second kappa shape index (κ2) is 5.96. The summed E-state index contributed by atoms with van der Waals surface area (Å²) in [5, 5.41) is 19.5. The standard InChI is InChI=1S/C13H15N3O3/c1-9-4-5-11(8-12(9)16(18)19)13(17)15(3)10(2)6-7-14/h4-5,8,10H,6H2,1-3H3. The average Bonchev–Trinajstić information content (AvgIpc) is 2.37. The Hall–Kier alpha value is -2.42. The molecule has 0 aliphatic heterocycles. The Balaban J connectivity index is 3.04. The summed E-state index contributed by atoms with van der Waals surface area (Å²) < 4.78 is 0. The van der Waals surface area contributed by atoms with Crippen LogP contribution in [-0.4, -0.2) is 28.8 Å². The first-order valence-corrected chi connectivity index (χ1v) is 5.77. The molecule has 0 heterocycles. The van der Waals surface area contributed by atoms with Crippen LogP contribution in [0.15, 0.2) is 18.2 Å². The number of carbonyl (C=O) groups is 1. The van der Waals surface area contributed by atoms with E-state index in [9.17, 15) is 14.9 Å². The molecule has 1 rings (SSSR count). The van der Waals surface area contributed by atoms with Gasteiger partial charge in [-0.2, -0.15) is 5.26 Å². The largest absolute Gasteiger partial charge is 0.338 e. The average molecular weight is 261 g/mol. The normalized spacial score (nSPS) is 11.5. The van der Waals surface area contributed by atoms with Gasteiger partial charge >= 0.3 is 0 Å². The van der Waals surface area contributed by atoms with E-state index in [1.54, 1.807) is 33.0 Å². The predicted octanol–water partition coefficient (Wildman–Crippen LogP) is 2.28. The van der Waals surface area contributed by atoms with Crippen molar-refractivity contribution in [2.45, 2.75) is 26.3 Å². The number of rotatable bonds is 4. The van der Waals surface area contributed by atoms with Gasteiger partial charge in [0.25, 0.3) is 11.6 Å². The van der Waals surface area contributed by atoms with Crippen LogP contribution in [0.4, 0.5) is 5.69 Å². The number of hydrogen-bond acceptors (Lipinski definition) is 4. The summed E-state index contributed by atoms with van der Waals surface area (Å²) in [7, 11) is 1.58. The molecular weight excluding hydrogens is 246 g/mol. The van der Waals surface area contributed by atoms with Crippen LogP contribution in [0.5, 0.6) is 0 Å². The van der Waals surface area contributed by atoms with Crippen molar-refractivity contribution < 1.29 is 9.72 Å². The lowest BCUT2D eigenvalue weighted by molar-refractivity contribution is -0.385. The molecule has 1 unspecified atom stereocenters. The van der Waals surface area contributed by atoms with Crippen LogP contribution in [0.2, 0.25) is 0 Å². The lowest BCUT2D eigenvalue weighted by Crippen LogP contribution is -2.34. The summed E-state index contributed by atoms with van der Waals surface area (Å²) in [6.07, 6.45) is 0.218. The van der Waals surface area contributed by atoms with Gasteiger partial charge in [-0.3, -0.25) is 14.9 Å². The summed E-state index contributed by atoms with van der Waals surface area (Å²) >= 11 is 0. The maximum absolute atomic E-state index is 12.1. The third kappa shape index (κ3) is 3.28. The lowest BCUT2D eigenvalue weighted by Gasteiger charge is -2.22. The molecule has 0 fully saturated rings. The number of aryl methyl sites for hydroxylation is 1. The van der Waals surface area contributed by atoms with E-state index >= 15 is 0 Å². The molecule has 0 saturated heterocycles. The van der Waals surface area contributed by atoms with Crippen LogP contribution in [0, 0.1) is 28.4 Å². The van der Waals surface area contributed by atoms with E-state index in [-0.39, 0.29) is 29.6 Å². The van der Waals surface area contributed by atoms with Crippen LogP contribution in [0.1, 0.15) is 29.3 Å². The molecule has 19 heavy (non-hydrogen) atoms. The van der Waals surface area contributed by atoms with Crippen LogP contribution < -0.4 is 0 Å². The van der Waals surface area contributed by atoms with Gasteiger partial charge in [0.05, 0.1) is 17.4 Å². The van der Waals surface area contributed by atoms with Gasteiger partial charge in [-0.15, -0.1) is 0 Å². The molecule has 100 valence electrons. The number of carbonyl (C=O) groups excluding carboxylic acids is 1. The quantitative estimate of drug-likeness (QED) is 0.614. The van der Waals surface area contributed by atoms with E-state index in [0.717, 1.165) is 0 Å². The molecule has 1 aromatic rings. The molecule has 0 saturated carbocycles. The Kier molecular flexibility index (Phi) is 4.59. The fourth-order valence-corrected chi connectivity index (χ4v) is 1.61. The van der Waals surface area contributed by atoms with E-state index < -0.39 is 4.92 Å². The van der Waals surface area contributed by atoms with Crippen molar-refractivity contribution in [3.8, 4) is 6.07 Å². The number of benzene rings is 1. The molecule has 0 spiro atoms. The SMILES string of the molecule is Cc1ccc(C(=O)N(C)C(C)CC#N)cc1[N+](=O)[O-]. The van der Waals surface area contributed by atoms with Crippen molar-refractivity contribution in [1.29, 1.82) is 5.26 Å². The fourth-order valence-electron chi connectivity index (χ4n) is 1.61. The zero-order chi connectivity index (χ0) is 14.6. The van der Waals surface area contributed by atoms with Gasteiger partial charge in [0.2, 0.25) is 0 Å². The summed E-state index contributed by atoms with van der Waals surface area (Å²) in [4.78, 5) is 23.9. The van der Waals surface area contributed by atoms with Crippen molar-refractivity contribution in [2.24, 2.45) is 0 Å². The molecular formula is C13H15N3O3. The summed E-state index contributed by atoms with van der Waals surface area (Å²) in [5.41, 5.74) is 0.686. The summed E-state index contributed by atoms with van der Waals surface area (Å²) in [6, 6.07) is 6.13. The Labute approximate surface area is 111 Å². The number of nitro groups is 1. The highest BCUT2D eigenvalue weighted by atomic mass is 16.6. The first-order chi connectivity index (χ1) is 8.88. The minimum absolute atomic E-state index is 0.0767. The molecule has 6 heteroatoms. The second-order valence-corrected chi connectivity index (χ2v) is 4.39. The maximum Gasteiger partial charge on any atom is 0.273 e. The fraction of sp³-hybridized carbons (Fsp3) is 0.385. The third-order valence-electron chi connectivity index (χ3n) is 3.02.